The molecule has 0 fully saturated rings. The van der Waals surface area contributed by atoms with Crippen molar-refractivity contribution in [1.82, 2.24) is 9.78 Å². The van der Waals surface area contributed by atoms with Crippen molar-refractivity contribution in [3.63, 3.8) is 0 Å². The minimum absolute atomic E-state index is 0.242. The third kappa shape index (κ3) is 3.81. The topological polar surface area (TPSA) is 44.1 Å². The highest BCUT2D eigenvalue weighted by molar-refractivity contribution is 9.14. The number of nitrogens with zero attached hydrogens (tertiary/aromatic N) is 2. The fraction of sp³-hybridized carbons (Fsp3) is 0.636. The molecule has 1 atom stereocenters. The first kappa shape index (κ1) is 16.2. The van der Waals surface area contributed by atoms with Gasteiger partial charge in [-0.2, -0.15) is 5.10 Å². The van der Waals surface area contributed by atoms with E-state index in [1.54, 1.807) is 11.6 Å². The first-order chi connectivity index (χ1) is 8.52. The molecule has 0 saturated heterocycles. The molecule has 0 saturated carbocycles. The minimum Gasteiger partial charge on any atom is -0.464 e. The summed E-state index contributed by atoms with van der Waals surface area (Å²) in [6, 6.07) is -0.387. The number of halogens is 3. The molecular weight excluding hydrogens is 432 g/mol. The molecule has 4 nitrogen and oxygen atoms in total. The van der Waals surface area contributed by atoms with Gasteiger partial charge in [-0.05, 0) is 61.1 Å². The Balaban J connectivity index is 3.00. The largest absolute Gasteiger partial charge is 0.464 e. The first-order valence-corrected chi connectivity index (χ1v) is 8.16. The lowest BCUT2D eigenvalue weighted by atomic mass is 10.1. The standard InChI is InChI=1S/C11H15Br3N2O2/c1-3-5-6-7(11(17)18-4-2)16-10(14)8(12)9(13)15-16/h7H,3-6H2,1-2H3. The molecule has 1 aromatic heterocycles. The van der Waals surface area contributed by atoms with Crippen LogP contribution in [0.3, 0.4) is 0 Å². The van der Waals surface area contributed by atoms with Gasteiger partial charge in [-0.25, -0.2) is 9.48 Å². The van der Waals surface area contributed by atoms with Crippen LogP contribution in [-0.2, 0) is 9.53 Å². The fourth-order valence-corrected chi connectivity index (χ4v) is 2.95. The third-order valence-corrected chi connectivity index (χ3v) is 5.57. The molecule has 0 aliphatic rings. The van der Waals surface area contributed by atoms with Gasteiger partial charge >= 0.3 is 5.97 Å². The molecule has 0 spiro atoms. The van der Waals surface area contributed by atoms with Crippen molar-refractivity contribution in [2.75, 3.05) is 6.61 Å². The Morgan fingerprint density at radius 1 is 1.39 bits per heavy atom. The van der Waals surface area contributed by atoms with Gasteiger partial charge in [0, 0.05) is 0 Å². The molecule has 1 unspecified atom stereocenters. The van der Waals surface area contributed by atoms with E-state index in [0.29, 0.717) is 17.6 Å². The van der Waals surface area contributed by atoms with Crippen LogP contribution >= 0.6 is 47.8 Å². The van der Waals surface area contributed by atoms with Gasteiger partial charge in [0.25, 0.3) is 0 Å². The Bertz CT molecular complexity index is 421. The summed E-state index contributed by atoms with van der Waals surface area (Å²) in [5, 5.41) is 4.31. The van der Waals surface area contributed by atoms with Crippen LogP contribution in [0.4, 0.5) is 0 Å². The lowest BCUT2D eigenvalue weighted by Gasteiger charge is -2.16. The van der Waals surface area contributed by atoms with Crippen molar-refractivity contribution < 1.29 is 9.53 Å². The van der Waals surface area contributed by atoms with Gasteiger partial charge in [-0.3, -0.25) is 0 Å². The number of hydrogen-bond donors (Lipinski definition) is 0. The lowest BCUT2D eigenvalue weighted by molar-refractivity contribution is -0.147. The maximum Gasteiger partial charge on any atom is 0.330 e. The van der Waals surface area contributed by atoms with Crippen molar-refractivity contribution >= 4 is 53.8 Å². The molecule has 0 amide bonds. The molecule has 0 bridgehead atoms. The molecule has 1 rings (SSSR count). The summed E-state index contributed by atoms with van der Waals surface area (Å²) < 4.78 is 8.97. The van der Waals surface area contributed by atoms with Crippen molar-refractivity contribution in [1.29, 1.82) is 0 Å². The average molecular weight is 447 g/mol. The van der Waals surface area contributed by atoms with Crippen LogP contribution in [0.2, 0.25) is 0 Å². The summed E-state index contributed by atoms with van der Waals surface area (Å²) in [6.45, 7) is 4.27. The highest BCUT2D eigenvalue weighted by Crippen LogP contribution is 2.33. The summed E-state index contributed by atoms with van der Waals surface area (Å²) in [7, 11) is 0. The van der Waals surface area contributed by atoms with Crippen molar-refractivity contribution in [3.8, 4) is 0 Å². The van der Waals surface area contributed by atoms with Crippen LogP contribution in [-0.4, -0.2) is 22.4 Å². The number of ether oxygens (including phenoxy) is 1. The minimum atomic E-state index is -0.387. The second-order valence-electron chi connectivity index (χ2n) is 3.75. The van der Waals surface area contributed by atoms with E-state index in [1.807, 2.05) is 0 Å². The van der Waals surface area contributed by atoms with E-state index in [9.17, 15) is 4.79 Å². The van der Waals surface area contributed by atoms with Gasteiger partial charge < -0.3 is 4.74 Å². The summed E-state index contributed by atoms with van der Waals surface area (Å²) in [4.78, 5) is 12.0. The Hall–Kier alpha value is 0.120. The second-order valence-corrected chi connectivity index (χ2v) is 6.05. The number of rotatable bonds is 6. The zero-order chi connectivity index (χ0) is 13.7. The van der Waals surface area contributed by atoms with Gasteiger partial charge in [0.05, 0.1) is 11.1 Å². The van der Waals surface area contributed by atoms with E-state index in [1.165, 1.54) is 0 Å². The van der Waals surface area contributed by atoms with E-state index < -0.39 is 0 Å². The zero-order valence-corrected chi connectivity index (χ0v) is 15.0. The highest BCUT2D eigenvalue weighted by Gasteiger charge is 2.26. The molecule has 18 heavy (non-hydrogen) atoms. The SMILES string of the molecule is CCCCC(C(=O)OCC)n1nc(Br)c(Br)c1Br. The summed E-state index contributed by atoms with van der Waals surface area (Å²) in [5.74, 6) is -0.242. The van der Waals surface area contributed by atoms with Gasteiger partial charge in [-0.15, -0.1) is 0 Å². The molecule has 1 aromatic rings. The predicted octanol–water partition coefficient (Wildman–Crippen LogP) is 4.47. The van der Waals surface area contributed by atoms with Crippen LogP contribution in [0.5, 0.6) is 0 Å². The van der Waals surface area contributed by atoms with E-state index in [-0.39, 0.29) is 12.0 Å². The van der Waals surface area contributed by atoms with Gasteiger partial charge in [0.15, 0.2) is 6.04 Å². The monoisotopic (exact) mass is 444 g/mol. The number of hydrogen-bond acceptors (Lipinski definition) is 3. The molecule has 0 N–H and O–H groups in total. The van der Waals surface area contributed by atoms with E-state index in [2.05, 4.69) is 59.8 Å². The van der Waals surface area contributed by atoms with Crippen LogP contribution in [0.25, 0.3) is 0 Å². The van der Waals surface area contributed by atoms with Crippen LogP contribution in [0, 0.1) is 0 Å². The predicted molar refractivity (Wildman–Crippen MR) is 80.5 cm³/mol. The maximum atomic E-state index is 12.0. The third-order valence-electron chi connectivity index (χ3n) is 2.44. The molecule has 0 aliphatic carbocycles. The number of carbonyl (C=O) groups excluding carboxylic acids is 1. The molecule has 0 aromatic carbocycles. The Kier molecular flexibility index (Phi) is 6.87. The fourth-order valence-electron chi connectivity index (χ4n) is 1.55. The summed E-state index contributed by atoms with van der Waals surface area (Å²) >= 11 is 10.2. The highest BCUT2D eigenvalue weighted by atomic mass is 79.9. The molecule has 102 valence electrons. The maximum absolute atomic E-state index is 12.0. The lowest BCUT2D eigenvalue weighted by Crippen LogP contribution is -2.23. The normalized spacial score (nSPS) is 12.5. The second kappa shape index (κ2) is 7.65. The van der Waals surface area contributed by atoms with Gasteiger partial charge in [0.2, 0.25) is 0 Å². The molecule has 7 heteroatoms. The molecule has 0 radical (unpaired) electrons. The number of unbranched alkanes of at least 4 members (excludes halogenated alkanes) is 1. The summed E-state index contributed by atoms with van der Waals surface area (Å²) in [6.07, 6.45) is 2.69. The van der Waals surface area contributed by atoms with Gasteiger partial charge in [0.1, 0.15) is 9.21 Å². The van der Waals surface area contributed by atoms with Crippen molar-refractivity contribution in [2.45, 2.75) is 39.2 Å². The number of aromatic nitrogens is 2. The Morgan fingerprint density at radius 2 is 2.06 bits per heavy atom. The first-order valence-electron chi connectivity index (χ1n) is 5.78. The van der Waals surface area contributed by atoms with Crippen LogP contribution in [0.15, 0.2) is 13.7 Å². The molecular formula is C11H15Br3N2O2. The zero-order valence-electron chi connectivity index (χ0n) is 10.3. The number of carbonyl (C=O) groups is 1. The summed E-state index contributed by atoms with van der Waals surface area (Å²) in [5.41, 5.74) is 0. The van der Waals surface area contributed by atoms with Gasteiger partial charge in [-0.1, -0.05) is 19.8 Å². The van der Waals surface area contributed by atoms with Crippen molar-refractivity contribution in [2.24, 2.45) is 0 Å². The number of esters is 1. The van der Waals surface area contributed by atoms with E-state index in [0.717, 1.165) is 21.9 Å². The quantitative estimate of drug-likeness (QED) is 0.606. The Morgan fingerprint density at radius 3 is 2.50 bits per heavy atom. The molecule has 1 heterocycles. The van der Waals surface area contributed by atoms with Crippen molar-refractivity contribution in [3.05, 3.63) is 13.7 Å². The van der Waals surface area contributed by atoms with Crippen LogP contribution < -0.4 is 0 Å². The smallest absolute Gasteiger partial charge is 0.330 e. The molecule has 0 aliphatic heterocycles. The Labute approximate surface area is 132 Å². The van der Waals surface area contributed by atoms with E-state index >= 15 is 0 Å². The van der Waals surface area contributed by atoms with E-state index in [4.69, 9.17) is 4.74 Å². The average Bonchev–Trinajstić information content (AvgIpc) is 2.58. The van der Waals surface area contributed by atoms with Crippen LogP contribution in [0.1, 0.15) is 39.2 Å².